The summed E-state index contributed by atoms with van der Waals surface area (Å²) in [6.45, 7) is 0. The molecular weight excluding hydrogens is 679 g/mol. The smallest absolute Gasteiger partial charge is 0.160 e. The van der Waals surface area contributed by atoms with E-state index in [1.165, 1.54) is 43.3 Å². The maximum Gasteiger partial charge on any atom is 0.160 e. The third-order valence-electron chi connectivity index (χ3n) is 11.0. The zero-order valence-electron chi connectivity index (χ0n) is 30.4. The molecule has 0 saturated heterocycles. The van der Waals surface area contributed by atoms with Crippen molar-refractivity contribution in [2.45, 2.75) is 0 Å². The third kappa shape index (κ3) is 5.32. The van der Waals surface area contributed by atoms with E-state index in [0.29, 0.717) is 5.82 Å². The average molecular weight is 712 g/mol. The molecule has 0 aliphatic carbocycles. The van der Waals surface area contributed by atoms with Crippen LogP contribution in [-0.4, -0.2) is 15.0 Å². The first kappa shape index (κ1) is 32.0. The van der Waals surface area contributed by atoms with Crippen molar-refractivity contribution < 1.29 is 0 Å². The van der Waals surface area contributed by atoms with Crippen LogP contribution in [-0.2, 0) is 0 Å². The summed E-state index contributed by atoms with van der Waals surface area (Å²) in [7, 11) is 0. The summed E-state index contributed by atoms with van der Waals surface area (Å²) in [5.74, 6) is 0.697. The van der Waals surface area contributed by atoms with Crippen LogP contribution in [0.2, 0.25) is 0 Å². The van der Waals surface area contributed by atoms with Gasteiger partial charge in [0, 0.05) is 38.2 Å². The molecule has 260 valence electrons. The number of hydrogen-bond donors (Lipinski definition) is 0. The summed E-state index contributed by atoms with van der Waals surface area (Å²) in [4.78, 5) is 15.8. The molecule has 0 fully saturated rings. The highest BCUT2D eigenvalue weighted by Gasteiger charge is 2.18. The van der Waals surface area contributed by atoms with Crippen LogP contribution in [0.5, 0.6) is 0 Å². The molecule has 0 N–H and O–H groups in total. The Morgan fingerprint density at radius 1 is 0.232 bits per heavy atom. The lowest BCUT2D eigenvalue weighted by Crippen LogP contribution is -1.96. The molecule has 0 aliphatic rings. The number of aromatic nitrogens is 3. The Balaban J connectivity index is 1.07. The van der Waals surface area contributed by atoms with Crippen molar-refractivity contribution in [3.63, 3.8) is 0 Å². The monoisotopic (exact) mass is 711 g/mol. The van der Waals surface area contributed by atoms with Crippen molar-refractivity contribution in [2.75, 3.05) is 0 Å². The van der Waals surface area contributed by atoms with Crippen LogP contribution in [0.15, 0.2) is 200 Å². The van der Waals surface area contributed by atoms with Crippen molar-refractivity contribution in [3.8, 4) is 56.2 Å². The summed E-state index contributed by atoms with van der Waals surface area (Å²) in [5.41, 5.74) is 11.4. The predicted octanol–water partition coefficient (Wildman–Crippen LogP) is 14.0. The average Bonchev–Trinajstić information content (AvgIpc) is 3.28. The van der Waals surface area contributed by atoms with Gasteiger partial charge in [-0.2, -0.15) is 0 Å². The van der Waals surface area contributed by atoms with E-state index in [1.807, 2.05) is 12.1 Å². The maximum absolute atomic E-state index is 5.40. The van der Waals surface area contributed by atoms with Crippen molar-refractivity contribution in [2.24, 2.45) is 0 Å². The van der Waals surface area contributed by atoms with E-state index >= 15 is 0 Å². The van der Waals surface area contributed by atoms with Crippen molar-refractivity contribution in [1.29, 1.82) is 0 Å². The molecule has 0 unspecified atom stereocenters. The van der Waals surface area contributed by atoms with Crippen LogP contribution in [0, 0.1) is 0 Å². The lowest BCUT2D eigenvalue weighted by molar-refractivity contribution is 1.23. The van der Waals surface area contributed by atoms with Crippen LogP contribution in [0.4, 0.5) is 0 Å². The van der Waals surface area contributed by atoms with E-state index in [0.717, 1.165) is 61.2 Å². The number of hydrogen-bond acceptors (Lipinski definition) is 3. The zero-order valence-corrected chi connectivity index (χ0v) is 30.4. The molecule has 3 heteroatoms. The van der Waals surface area contributed by atoms with Gasteiger partial charge in [0.1, 0.15) is 0 Å². The lowest BCUT2D eigenvalue weighted by atomic mass is 9.89. The van der Waals surface area contributed by atoms with Crippen LogP contribution in [0.1, 0.15) is 0 Å². The fourth-order valence-corrected chi connectivity index (χ4v) is 8.42. The molecule has 11 aromatic rings. The molecule has 0 radical (unpaired) electrons. The Bertz CT molecular complexity index is 3310. The van der Waals surface area contributed by atoms with Crippen LogP contribution in [0.25, 0.3) is 110 Å². The quantitative estimate of drug-likeness (QED) is 0.167. The van der Waals surface area contributed by atoms with Crippen molar-refractivity contribution in [3.05, 3.63) is 200 Å². The van der Waals surface area contributed by atoms with E-state index in [-0.39, 0.29) is 0 Å². The van der Waals surface area contributed by atoms with Gasteiger partial charge in [-0.1, -0.05) is 170 Å². The number of rotatable bonds is 5. The highest BCUT2D eigenvalue weighted by Crippen LogP contribution is 2.43. The van der Waals surface area contributed by atoms with Gasteiger partial charge in [0.05, 0.1) is 22.4 Å². The van der Waals surface area contributed by atoms with Crippen molar-refractivity contribution in [1.82, 2.24) is 15.0 Å². The first-order valence-corrected chi connectivity index (χ1v) is 19.0. The molecule has 2 heterocycles. The van der Waals surface area contributed by atoms with E-state index in [4.69, 9.17) is 15.0 Å². The Morgan fingerprint density at radius 2 is 0.661 bits per heavy atom. The van der Waals surface area contributed by atoms with Gasteiger partial charge in [0.25, 0.3) is 0 Å². The standard InChI is InChI=1S/C53H33N3/c1-2-15-34(16-3-1)35-17-12-20-38(31-35)51-46-28-9-11-30-48(46)55-53(56-51)40-22-14-19-37(33-40)36-18-13-21-39(32-36)52-50-44-26-7-5-24-42(44)41-23-4-6-25-43(41)49(50)45-27-8-10-29-47(45)54-52/h1-33H. The van der Waals surface area contributed by atoms with Gasteiger partial charge in [-0.25, -0.2) is 15.0 Å². The summed E-state index contributed by atoms with van der Waals surface area (Å²) < 4.78 is 0. The second-order valence-corrected chi connectivity index (χ2v) is 14.3. The van der Waals surface area contributed by atoms with Gasteiger partial charge in [0.15, 0.2) is 5.82 Å². The first-order chi connectivity index (χ1) is 27.8. The van der Waals surface area contributed by atoms with E-state index < -0.39 is 0 Å². The number of benzene rings is 9. The fourth-order valence-electron chi connectivity index (χ4n) is 8.42. The molecule has 3 nitrogen and oxygen atoms in total. The number of fused-ring (bicyclic) bond motifs is 9. The zero-order chi connectivity index (χ0) is 37.0. The SMILES string of the molecule is c1ccc(-c2cccc(-c3nc(-c4cccc(-c5cccc(-c6nc7ccccc7c7c8ccccc8c8ccccc8c67)c5)c4)nc4ccccc34)c2)cc1. The van der Waals surface area contributed by atoms with E-state index in [9.17, 15) is 0 Å². The highest BCUT2D eigenvalue weighted by molar-refractivity contribution is 6.33. The fraction of sp³-hybridized carbons (Fsp3) is 0. The lowest BCUT2D eigenvalue weighted by Gasteiger charge is -2.16. The summed E-state index contributed by atoms with van der Waals surface area (Å²) >= 11 is 0. The minimum Gasteiger partial charge on any atom is -0.247 e. The largest absolute Gasteiger partial charge is 0.247 e. The molecule has 56 heavy (non-hydrogen) atoms. The molecule has 0 saturated carbocycles. The Kier molecular flexibility index (Phi) is 7.49. The summed E-state index contributed by atoms with van der Waals surface area (Å²) in [6, 6.07) is 70.9. The molecule has 0 atom stereocenters. The van der Waals surface area contributed by atoms with Gasteiger partial charge in [-0.3, -0.25) is 0 Å². The molecule has 11 rings (SSSR count). The molecule has 0 amide bonds. The molecule has 0 bridgehead atoms. The highest BCUT2D eigenvalue weighted by atomic mass is 14.9. The summed E-state index contributed by atoms with van der Waals surface area (Å²) in [5, 5.41) is 9.56. The Morgan fingerprint density at radius 3 is 1.32 bits per heavy atom. The summed E-state index contributed by atoms with van der Waals surface area (Å²) in [6.07, 6.45) is 0. The normalized spacial score (nSPS) is 11.6. The third-order valence-corrected chi connectivity index (χ3v) is 11.0. The van der Waals surface area contributed by atoms with Gasteiger partial charge in [0.2, 0.25) is 0 Å². The minimum absolute atomic E-state index is 0.697. The first-order valence-electron chi connectivity index (χ1n) is 19.0. The van der Waals surface area contributed by atoms with E-state index in [2.05, 4.69) is 188 Å². The molecular formula is C53H33N3. The Labute approximate surface area is 324 Å². The van der Waals surface area contributed by atoms with Crippen LogP contribution in [0.3, 0.4) is 0 Å². The maximum atomic E-state index is 5.40. The number of pyridine rings is 1. The molecule has 0 aliphatic heterocycles. The van der Waals surface area contributed by atoms with Crippen molar-refractivity contribution >= 4 is 54.1 Å². The van der Waals surface area contributed by atoms with Crippen LogP contribution < -0.4 is 0 Å². The van der Waals surface area contributed by atoms with Crippen LogP contribution >= 0.6 is 0 Å². The van der Waals surface area contributed by atoms with E-state index in [1.54, 1.807) is 0 Å². The predicted molar refractivity (Wildman–Crippen MR) is 235 cm³/mol. The minimum atomic E-state index is 0.697. The molecule has 0 spiro atoms. The second kappa shape index (κ2) is 13.1. The molecule has 9 aromatic carbocycles. The van der Waals surface area contributed by atoms with Gasteiger partial charge in [-0.05, 0) is 74.1 Å². The number of nitrogens with zero attached hydrogens (tertiary/aromatic N) is 3. The van der Waals surface area contributed by atoms with Gasteiger partial charge >= 0.3 is 0 Å². The Hall–Kier alpha value is -7.49. The van der Waals surface area contributed by atoms with Gasteiger partial charge < -0.3 is 0 Å². The second-order valence-electron chi connectivity index (χ2n) is 14.3. The van der Waals surface area contributed by atoms with Gasteiger partial charge in [-0.15, -0.1) is 0 Å². The topological polar surface area (TPSA) is 38.7 Å². The number of para-hydroxylation sites is 2. The molecule has 2 aromatic heterocycles.